The van der Waals surface area contributed by atoms with E-state index in [0.29, 0.717) is 12.1 Å². The van der Waals surface area contributed by atoms with Crippen molar-refractivity contribution < 1.29 is 4.79 Å². The van der Waals surface area contributed by atoms with Crippen LogP contribution >= 0.6 is 0 Å². The molecule has 2 aromatic rings. The van der Waals surface area contributed by atoms with Gasteiger partial charge in [-0.05, 0) is 29.7 Å². The number of hydrogen-bond acceptors (Lipinski definition) is 3. The van der Waals surface area contributed by atoms with Crippen molar-refractivity contribution in [1.82, 2.24) is 15.6 Å². The van der Waals surface area contributed by atoms with Crippen molar-refractivity contribution in [2.24, 2.45) is 0 Å². The molecule has 1 heterocycles. The first-order valence-corrected chi connectivity index (χ1v) is 7.26. The van der Waals surface area contributed by atoms with Crippen molar-refractivity contribution in [3.05, 3.63) is 65.5 Å². The van der Waals surface area contributed by atoms with Gasteiger partial charge in [0.05, 0.1) is 0 Å². The van der Waals surface area contributed by atoms with E-state index in [1.54, 1.807) is 24.5 Å². The minimum atomic E-state index is -0.0634. The Hall–Kier alpha value is -2.20. The van der Waals surface area contributed by atoms with E-state index in [-0.39, 0.29) is 5.91 Å². The van der Waals surface area contributed by atoms with Crippen molar-refractivity contribution in [3.63, 3.8) is 0 Å². The highest BCUT2D eigenvalue weighted by molar-refractivity contribution is 5.93. The molecule has 21 heavy (non-hydrogen) atoms. The molecule has 0 aliphatic carbocycles. The average Bonchev–Trinajstić information content (AvgIpc) is 2.55. The van der Waals surface area contributed by atoms with Crippen LogP contribution in [-0.4, -0.2) is 24.0 Å². The fourth-order valence-corrected chi connectivity index (χ4v) is 2.00. The number of hydrogen-bond donors (Lipinski definition) is 2. The van der Waals surface area contributed by atoms with E-state index in [1.165, 1.54) is 11.1 Å². The molecule has 0 aliphatic heterocycles. The van der Waals surface area contributed by atoms with Crippen LogP contribution in [0, 0.1) is 0 Å². The third-order valence-electron chi connectivity index (χ3n) is 3.29. The monoisotopic (exact) mass is 283 g/mol. The van der Waals surface area contributed by atoms with Crippen molar-refractivity contribution >= 4 is 5.91 Å². The van der Waals surface area contributed by atoms with Crippen LogP contribution in [-0.2, 0) is 13.0 Å². The molecule has 0 radical (unpaired) electrons. The van der Waals surface area contributed by atoms with Gasteiger partial charge < -0.3 is 10.6 Å². The Kier molecular flexibility index (Phi) is 5.91. The zero-order chi connectivity index (χ0) is 14.9. The molecule has 2 N–H and O–H groups in total. The summed E-state index contributed by atoms with van der Waals surface area (Å²) in [5.41, 5.74) is 3.25. The molecule has 2 rings (SSSR count). The Morgan fingerprint density at radius 1 is 1.00 bits per heavy atom. The van der Waals surface area contributed by atoms with Gasteiger partial charge in [-0.25, -0.2) is 0 Å². The fraction of sp³-hybridized carbons (Fsp3) is 0.294. The maximum Gasteiger partial charge on any atom is 0.251 e. The molecule has 1 aromatic carbocycles. The van der Waals surface area contributed by atoms with E-state index in [4.69, 9.17) is 0 Å². The molecule has 0 spiro atoms. The van der Waals surface area contributed by atoms with Crippen LogP contribution in [0.1, 0.15) is 28.4 Å². The van der Waals surface area contributed by atoms with Gasteiger partial charge in [0.2, 0.25) is 0 Å². The van der Waals surface area contributed by atoms with E-state index >= 15 is 0 Å². The highest BCUT2D eigenvalue weighted by Crippen LogP contribution is 2.04. The fourth-order valence-electron chi connectivity index (χ4n) is 2.00. The van der Waals surface area contributed by atoms with Crippen LogP contribution in [0.5, 0.6) is 0 Å². The number of nitrogens with one attached hydrogen (secondary N) is 2. The van der Waals surface area contributed by atoms with Gasteiger partial charge in [-0.1, -0.05) is 31.2 Å². The van der Waals surface area contributed by atoms with E-state index in [0.717, 1.165) is 19.5 Å². The highest BCUT2D eigenvalue weighted by atomic mass is 16.1. The largest absolute Gasteiger partial charge is 0.351 e. The summed E-state index contributed by atoms with van der Waals surface area (Å²) in [7, 11) is 0. The minimum Gasteiger partial charge on any atom is -0.351 e. The maximum atomic E-state index is 11.8. The molecule has 0 unspecified atom stereocenters. The van der Waals surface area contributed by atoms with E-state index in [9.17, 15) is 4.79 Å². The Morgan fingerprint density at radius 2 is 1.67 bits per heavy atom. The molecule has 0 aliphatic rings. The number of aryl methyl sites for hydroxylation is 1. The number of nitrogens with zero attached hydrogens (tertiary/aromatic N) is 1. The molecule has 0 bridgehead atoms. The van der Waals surface area contributed by atoms with Gasteiger partial charge in [0.15, 0.2) is 0 Å². The number of pyridine rings is 1. The van der Waals surface area contributed by atoms with Crippen LogP contribution in [0.4, 0.5) is 0 Å². The smallest absolute Gasteiger partial charge is 0.251 e. The Balaban J connectivity index is 1.64. The van der Waals surface area contributed by atoms with Gasteiger partial charge in [0.25, 0.3) is 5.91 Å². The first-order valence-electron chi connectivity index (χ1n) is 7.26. The molecular formula is C17H21N3O. The lowest BCUT2D eigenvalue weighted by molar-refractivity contribution is 0.0954. The van der Waals surface area contributed by atoms with Crippen LogP contribution in [0.3, 0.4) is 0 Å². The topological polar surface area (TPSA) is 54.0 Å². The minimum absolute atomic E-state index is 0.0634. The highest BCUT2D eigenvalue weighted by Gasteiger charge is 2.02. The second kappa shape index (κ2) is 8.17. The van der Waals surface area contributed by atoms with Crippen LogP contribution in [0.2, 0.25) is 0 Å². The van der Waals surface area contributed by atoms with Gasteiger partial charge in [-0.2, -0.15) is 0 Å². The second-order valence-corrected chi connectivity index (χ2v) is 4.84. The second-order valence-electron chi connectivity index (χ2n) is 4.84. The maximum absolute atomic E-state index is 11.8. The van der Waals surface area contributed by atoms with Gasteiger partial charge in [-0.15, -0.1) is 0 Å². The average molecular weight is 283 g/mol. The number of carbonyl (C=O) groups excluding carboxylic acids is 1. The molecular weight excluding hydrogens is 262 g/mol. The number of carbonyl (C=O) groups is 1. The number of rotatable bonds is 7. The molecule has 1 aromatic heterocycles. The zero-order valence-electron chi connectivity index (χ0n) is 12.3. The number of benzene rings is 1. The Morgan fingerprint density at radius 3 is 2.33 bits per heavy atom. The van der Waals surface area contributed by atoms with Crippen molar-refractivity contribution in [2.75, 3.05) is 13.1 Å². The molecule has 1 amide bonds. The molecule has 0 atom stereocenters. The summed E-state index contributed by atoms with van der Waals surface area (Å²) in [4.78, 5) is 15.7. The van der Waals surface area contributed by atoms with Crippen molar-refractivity contribution in [1.29, 1.82) is 0 Å². The van der Waals surface area contributed by atoms with Gasteiger partial charge >= 0.3 is 0 Å². The van der Waals surface area contributed by atoms with E-state index < -0.39 is 0 Å². The standard InChI is InChI=1S/C17H21N3O/c1-2-14-3-5-15(6-4-14)13-19-11-12-20-17(21)16-7-9-18-10-8-16/h3-10,19H,2,11-13H2,1H3,(H,20,21). The Labute approximate surface area is 125 Å². The molecule has 110 valence electrons. The molecule has 4 heteroatoms. The summed E-state index contributed by atoms with van der Waals surface area (Å²) >= 11 is 0. The predicted molar refractivity (Wildman–Crippen MR) is 84.1 cm³/mol. The lowest BCUT2D eigenvalue weighted by Crippen LogP contribution is -2.31. The molecule has 0 fully saturated rings. The third kappa shape index (κ3) is 5.00. The molecule has 0 saturated carbocycles. The van der Waals surface area contributed by atoms with Gasteiger partial charge in [0.1, 0.15) is 0 Å². The summed E-state index contributed by atoms with van der Waals surface area (Å²) in [5.74, 6) is -0.0634. The van der Waals surface area contributed by atoms with Crippen LogP contribution in [0.25, 0.3) is 0 Å². The summed E-state index contributed by atoms with van der Waals surface area (Å²) < 4.78 is 0. The van der Waals surface area contributed by atoms with E-state index in [1.807, 2.05) is 0 Å². The first kappa shape index (κ1) is 15.2. The summed E-state index contributed by atoms with van der Waals surface area (Å²) in [5, 5.41) is 6.19. The van der Waals surface area contributed by atoms with E-state index in [2.05, 4.69) is 46.8 Å². The van der Waals surface area contributed by atoms with Gasteiger partial charge in [0, 0.05) is 37.6 Å². The number of amides is 1. The molecule has 0 saturated heterocycles. The SMILES string of the molecule is CCc1ccc(CNCCNC(=O)c2ccncc2)cc1. The molecule has 4 nitrogen and oxygen atoms in total. The summed E-state index contributed by atoms with van der Waals surface area (Å²) in [6.45, 7) is 4.31. The lowest BCUT2D eigenvalue weighted by Gasteiger charge is -2.07. The normalized spacial score (nSPS) is 10.3. The lowest BCUT2D eigenvalue weighted by atomic mass is 10.1. The van der Waals surface area contributed by atoms with Crippen molar-refractivity contribution in [2.45, 2.75) is 19.9 Å². The van der Waals surface area contributed by atoms with Crippen LogP contribution in [0.15, 0.2) is 48.8 Å². The van der Waals surface area contributed by atoms with Crippen molar-refractivity contribution in [3.8, 4) is 0 Å². The number of aromatic nitrogens is 1. The zero-order valence-corrected chi connectivity index (χ0v) is 12.3. The summed E-state index contributed by atoms with van der Waals surface area (Å²) in [6.07, 6.45) is 4.30. The predicted octanol–water partition coefficient (Wildman–Crippen LogP) is 2.16. The third-order valence-corrected chi connectivity index (χ3v) is 3.29. The van der Waals surface area contributed by atoms with Gasteiger partial charge in [-0.3, -0.25) is 9.78 Å². The quantitative estimate of drug-likeness (QED) is 0.766. The van der Waals surface area contributed by atoms with Crippen LogP contribution < -0.4 is 10.6 Å². The Bertz CT molecular complexity index is 552. The summed E-state index contributed by atoms with van der Waals surface area (Å²) in [6, 6.07) is 12.0. The first-order chi connectivity index (χ1) is 10.3.